The van der Waals surface area contributed by atoms with Gasteiger partial charge in [-0.2, -0.15) is 0 Å². The molecular weight excluding hydrogens is 432 g/mol. The number of Topliss-reactive ketones (excluding diaryl/α,β-unsaturated/α-hetero) is 1. The Kier molecular flexibility index (Phi) is 8.31. The predicted octanol–water partition coefficient (Wildman–Crippen LogP) is 8.79. The molecule has 7 unspecified atom stereocenters. The molecule has 5 aliphatic carbocycles. The molecule has 202 valence electrons. The summed E-state index contributed by atoms with van der Waals surface area (Å²) in [4.78, 5) is 25.0. The third-order valence-corrected chi connectivity index (χ3v) is 12.5. The predicted molar refractivity (Wildman–Crippen MR) is 145 cm³/mol. The molecule has 0 bridgehead atoms. The fourth-order valence-corrected chi connectivity index (χ4v) is 10.7. The van der Waals surface area contributed by atoms with Gasteiger partial charge in [0, 0.05) is 12.3 Å². The van der Waals surface area contributed by atoms with Crippen LogP contribution in [0.1, 0.15) is 133 Å². The first-order chi connectivity index (χ1) is 16.4. The van der Waals surface area contributed by atoms with Crippen LogP contribution in [0, 0.1) is 57.2 Å². The van der Waals surface area contributed by atoms with Crippen molar-refractivity contribution in [3.05, 3.63) is 0 Å². The van der Waals surface area contributed by atoms with Gasteiger partial charge in [0.2, 0.25) is 0 Å². The summed E-state index contributed by atoms with van der Waals surface area (Å²) in [5.74, 6) is 2.85. The Bertz CT molecular complexity index is 790. The fraction of sp³-hybridized carbons (Fsp3) is 0.938. The Morgan fingerprint density at radius 3 is 2.09 bits per heavy atom. The summed E-state index contributed by atoms with van der Waals surface area (Å²) in [6.07, 6.45) is 11.9. The van der Waals surface area contributed by atoms with Crippen LogP contribution in [0.3, 0.4) is 0 Å². The van der Waals surface area contributed by atoms with Crippen molar-refractivity contribution in [3.63, 3.8) is 0 Å². The maximum atomic E-state index is 12.5. The molecule has 5 fully saturated rings. The van der Waals surface area contributed by atoms with Crippen LogP contribution in [-0.4, -0.2) is 16.9 Å². The number of carboxylic acids is 1. The molecule has 0 spiro atoms. The number of fused-ring (bicyclic) bond motifs is 7. The maximum Gasteiger partial charge on any atom is 0.309 e. The molecule has 0 saturated heterocycles. The molecule has 0 amide bonds. The van der Waals surface area contributed by atoms with Crippen LogP contribution in [-0.2, 0) is 9.59 Å². The number of carbonyl (C=O) groups excluding carboxylic acids is 1. The van der Waals surface area contributed by atoms with E-state index in [0.29, 0.717) is 35.4 Å². The van der Waals surface area contributed by atoms with Crippen LogP contribution in [0.5, 0.6) is 0 Å². The van der Waals surface area contributed by atoms with Gasteiger partial charge < -0.3 is 5.11 Å². The topological polar surface area (TPSA) is 54.4 Å². The number of hydrogen-bond acceptors (Lipinski definition) is 2. The Labute approximate surface area is 216 Å². The molecular formula is C32H56O3. The lowest BCUT2D eigenvalue weighted by Crippen LogP contribution is -2.65. The minimum Gasteiger partial charge on any atom is -0.481 e. The van der Waals surface area contributed by atoms with Crippen molar-refractivity contribution in [2.75, 3.05) is 0 Å². The lowest BCUT2D eigenvalue weighted by atomic mass is 9.33. The van der Waals surface area contributed by atoms with Gasteiger partial charge in [-0.3, -0.25) is 9.59 Å². The van der Waals surface area contributed by atoms with Gasteiger partial charge in [-0.1, -0.05) is 68.7 Å². The monoisotopic (exact) mass is 488 g/mol. The SMILES string of the molecule is CC.CC1C(=O)CCC2(C)C1CCC1(C)C2CCC2[C@H]3[C@H](C)CCC3(C(=O)O)CC[C@]21C.CCC. The van der Waals surface area contributed by atoms with Crippen molar-refractivity contribution < 1.29 is 14.7 Å². The van der Waals surface area contributed by atoms with Crippen molar-refractivity contribution in [3.8, 4) is 0 Å². The largest absolute Gasteiger partial charge is 0.481 e. The molecule has 0 heterocycles. The first-order valence-electron chi connectivity index (χ1n) is 15.2. The number of carbonyl (C=O) groups is 2. The van der Waals surface area contributed by atoms with E-state index in [1.54, 1.807) is 0 Å². The van der Waals surface area contributed by atoms with E-state index >= 15 is 0 Å². The first-order valence-corrected chi connectivity index (χ1v) is 15.2. The molecule has 1 N–H and O–H groups in total. The van der Waals surface area contributed by atoms with E-state index in [9.17, 15) is 14.7 Å². The highest BCUT2D eigenvalue weighted by atomic mass is 16.4. The van der Waals surface area contributed by atoms with Crippen molar-refractivity contribution >= 4 is 11.8 Å². The minimum absolute atomic E-state index is 0.222. The molecule has 3 nitrogen and oxygen atoms in total. The number of ketones is 1. The van der Waals surface area contributed by atoms with Gasteiger partial charge in [0.25, 0.3) is 0 Å². The Balaban J connectivity index is 0.000000638. The summed E-state index contributed by atoms with van der Waals surface area (Å²) >= 11 is 0. The normalized spacial score (nSPS) is 50.1. The molecule has 5 rings (SSSR count). The molecule has 0 aromatic heterocycles. The minimum atomic E-state index is -0.513. The summed E-state index contributed by atoms with van der Waals surface area (Å²) in [5, 5.41) is 10.3. The van der Waals surface area contributed by atoms with Crippen molar-refractivity contribution in [1.29, 1.82) is 0 Å². The molecule has 10 atom stereocenters. The van der Waals surface area contributed by atoms with Gasteiger partial charge in [-0.15, -0.1) is 0 Å². The summed E-state index contributed by atoms with van der Waals surface area (Å²) < 4.78 is 0. The Morgan fingerprint density at radius 1 is 0.857 bits per heavy atom. The lowest BCUT2D eigenvalue weighted by molar-refractivity contribution is -0.229. The van der Waals surface area contributed by atoms with Gasteiger partial charge in [0.05, 0.1) is 5.41 Å². The van der Waals surface area contributed by atoms with E-state index in [0.717, 1.165) is 38.5 Å². The van der Waals surface area contributed by atoms with Gasteiger partial charge in [-0.25, -0.2) is 0 Å². The van der Waals surface area contributed by atoms with Crippen molar-refractivity contribution in [1.82, 2.24) is 0 Å². The second-order valence-corrected chi connectivity index (χ2v) is 13.7. The van der Waals surface area contributed by atoms with Crippen LogP contribution in [0.25, 0.3) is 0 Å². The van der Waals surface area contributed by atoms with E-state index in [1.165, 1.54) is 32.1 Å². The van der Waals surface area contributed by atoms with E-state index in [1.807, 2.05) is 13.8 Å². The zero-order chi connectivity index (χ0) is 26.4. The Morgan fingerprint density at radius 2 is 1.49 bits per heavy atom. The molecule has 3 heteroatoms. The molecule has 0 aromatic rings. The molecule has 0 aromatic carbocycles. The van der Waals surface area contributed by atoms with Gasteiger partial charge in [0.1, 0.15) is 5.78 Å². The molecule has 5 saturated carbocycles. The molecule has 0 aliphatic heterocycles. The van der Waals surface area contributed by atoms with Crippen molar-refractivity contribution in [2.24, 2.45) is 57.2 Å². The third-order valence-electron chi connectivity index (χ3n) is 12.5. The Hall–Kier alpha value is -0.860. The second kappa shape index (κ2) is 10.1. The highest BCUT2D eigenvalue weighted by Gasteiger charge is 2.70. The van der Waals surface area contributed by atoms with Gasteiger partial charge in [0.15, 0.2) is 0 Å². The number of hydrogen-bond donors (Lipinski definition) is 1. The highest BCUT2D eigenvalue weighted by Crippen LogP contribution is 2.76. The van der Waals surface area contributed by atoms with Crippen molar-refractivity contribution in [2.45, 2.75) is 133 Å². The number of rotatable bonds is 1. The highest BCUT2D eigenvalue weighted by molar-refractivity contribution is 5.82. The van der Waals surface area contributed by atoms with Crippen LogP contribution in [0.4, 0.5) is 0 Å². The fourth-order valence-electron chi connectivity index (χ4n) is 10.7. The van der Waals surface area contributed by atoms with E-state index < -0.39 is 11.4 Å². The van der Waals surface area contributed by atoms with E-state index in [-0.39, 0.29) is 22.2 Å². The summed E-state index contributed by atoms with van der Waals surface area (Å²) in [6.45, 7) is 20.4. The average molecular weight is 489 g/mol. The molecule has 5 aliphatic rings. The third kappa shape index (κ3) is 3.96. The first kappa shape index (κ1) is 28.7. The lowest BCUT2D eigenvalue weighted by Gasteiger charge is -2.71. The standard InChI is InChI=1S/C27H42O3.C3H8.C2H6/c1-16-8-13-27(23(29)30)15-14-25(4)19(22(16)27)6-7-21-24(3)11-10-20(28)17(2)18(24)9-12-26(21,25)5;1-3-2;1-2/h16-19,21-22H,6-15H2,1-5H3,(H,29,30);3H2,1-2H3;1-2H3/t16-,17?,18?,19?,21?,22-,24?,25-,26?,27?;;/m1../s1. The van der Waals surface area contributed by atoms with Crippen LogP contribution in [0.2, 0.25) is 0 Å². The van der Waals surface area contributed by atoms with Crippen LogP contribution < -0.4 is 0 Å². The van der Waals surface area contributed by atoms with E-state index in [4.69, 9.17) is 0 Å². The van der Waals surface area contributed by atoms with Gasteiger partial charge >= 0.3 is 5.97 Å². The molecule has 35 heavy (non-hydrogen) atoms. The average Bonchev–Trinajstić information content (AvgIpc) is 3.17. The smallest absolute Gasteiger partial charge is 0.309 e. The van der Waals surface area contributed by atoms with Gasteiger partial charge in [-0.05, 0) is 104 Å². The van der Waals surface area contributed by atoms with Crippen LogP contribution in [0.15, 0.2) is 0 Å². The summed E-state index contributed by atoms with van der Waals surface area (Å²) in [7, 11) is 0. The number of carboxylic acid groups (broad SMARTS) is 1. The maximum absolute atomic E-state index is 12.5. The zero-order valence-electron chi connectivity index (χ0n) is 24.5. The summed E-state index contributed by atoms with van der Waals surface area (Å²) in [6, 6.07) is 0. The van der Waals surface area contributed by atoms with E-state index in [2.05, 4.69) is 48.5 Å². The second-order valence-electron chi connectivity index (χ2n) is 13.7. The van der Waals surface area contributed by atoms with Crippen LogP contribution >= 0.6 is 0 Å². The number of aliphatic carboxylic acids is 1. The summed E-state index contributed by atoms with van der Waals surface area (Å²) in [5.41, 5.74) is 0.321. The quantitative estimate of drug-likeness (QED) is 0.401. The molecule has 0 radical (unpaired) electrons. The zero-order valence-corrected chi connectivity index (χ0v) is 24.5.